The maximum atomic E-state index is 12.8. The average Bonchev–Trinajstić information content (AvgIpc) is 3.21. The summed E-state index contributed by atoms with van der Waals surface area (Å²) in [6, 6.07) is 0. The fraction of sp³-hybridized carbons (Fsp3) is 0.863. The number of allylic oxidation sites excluding steroid dienone is 4. The Morgan fingerprint density at radius 2 is 0.850 bits per heavy atom. The van der Waals surface area contributed by atoms with Crippen LogP contribution in [0.4, 0.5) is 0 Å². The standard InChI is InChI=1S/C51H95NO8/c1-6-8-10-12-14-16-18-20-22-24-26-28-30-32-34-36-38-40-42-49(54)60-47(46-59-51(50(55)56)57-44-43-52(3,4)5)45-58-48(53)41-39-37-35-33-31-29-27-25-23-21-19-17-15-13-11-9-7-2/h21-24,47,51H,6-20,25-46H2,1-5H3/b23-21-,24-22-. The van der Waals surface area contributed by atoms with E-state index in [4.69, 9.17) is 18.9 Å². The highest BCUT2D eigenvalue weighted by Gasteiger charge is 2.21. The fourth-order valence-corrected chi connectivity index (χ4v) is 7.00. The van der Waals surface area contributed by atoms with Gasteiger partial charge in [-0.3, -0.25) is 9.59 Å². The molecule has 0 rings (SSSR count). The number of carbonyl (C=O) groups excluding carboxylic acids is 3. The van der Waals surface area contributed by atoms with Crippen molar-refractivity contribution in [2.24, 2.45) is 0 Å². The van der Waals surface area contributed by atoms with Gasteiger partial charge in [0, 0.05) is 12.8 Å². The molecule has 0 fully saturated rings. The monoisotopic (exact) mass is 850 g/mol. The van der Waals surface area contributed by atoms with E-state index in [0.29, 0.717) is 17.4 Å². The van der Waals surface area contributed by atoms with Crippen LogP contribution in [0.15, 0.2) is 24.3 Å². The van der Waals surface area contributed by atoms with Crippen LogP contribution in [0.25, 0.3) is 0 Å². The van der Waals surface area contributed by atoms with Gasteiger partial charge in [-0.15, -0.1) is 0 Å². The van der Waals surface area contributed by atoms with E-state index in [1.54, 1.807) is 0 Å². The molecule has 2 unspecified atom stereocenters. The lowest BCUT2D eigenvalue weighted by Crippen LogP contribution is -2.44. The third kappa shape index (κ3) is 43.8. The maximum Gasteiger partial charge on any atom is 0.306 e. The maximum absolute atomic E-state index is 12.8. The molecule has 0 aliphatic carbocycles. The van der Waals surface area contributed by atoms with Crippen molar-refractivity contribution in [1.82, 2.24) is 0 Å². The molecule has 0 saturated heterocycles. The zero-order valence-electron chi connectivity index (χ0n) is 39.8. The number of carboxylic acid groups (broad SMARTS) is 1. The summed E-state index contributed by atoms with van der Waals surface area (Å²) >= 11 is 0. The van der Waals surface area contributed by atoms with Crippen molar-refractivity contribution < 1.29 is 42.9 Å². The summed E-state index contributed by atoms with van der Waals surface area (Å²) < 4.78 is 22.6. The molecule has 9 nitrogen and oxygen atoms in total. The highest BCUT2D eigenvalue weighted by atomic mass is 16.7. The van der Waals surface area contributed by atoms with Crippen LogP contribution < -0.4 is 5.11 Å². The minimum atomic E-state index is -1.62. The van der Waals surface area contributed by atoms with Crippen molar-refractivity contribution in [3.05, 3.63) is 24.3 Å². The SMILES string of the molecule is CCCCCCCC/C=C\CCCCCCCCCC(=O)OCC(COC(OCC[N+](C)(C)C)C(=O)[O-])OC(=O)CCCCCCCCC/C=C\CCCCCCCCC. The average molecular weight is 850 g/mol. The third-order valence-electron chi connectivity index (χ3n) is 10.9. The van der Waals surface area contributed by atoms with Gasteiger partial charge < -0.3 is 33.3 Å². The van der Waals surface area contributed by atoms with Gasteiger partial charge in [0.25, 0.3) is 0 Å². The first kappa shape index (κ1) is 57.8. The Labute approximate surface area is 369 Å². The first-order valence-corrected chi connectivity index (χ1v) is 25.0. The van der Waals surface area contributed by atoms with E-state index in [1.165, 1.54) is 148 Å². The summed E-state index contributed by atoms with van der Waals surface area (Å²) in [5.41, 5.74) is 0. The topological polar surface area (TPSA) is 111 Å². The number of quaternary nitrogens is 1. The molecule has 0 aliphatic rings. The van der Waals surface area contributed by atoms with Gasteiger partial charge in [0.15, 0.2) is 12.4 Å². The smallest absolute Gasteiger partial charge is 0.306 e. The van der Waals surface area contributed by atoms with E-state index in [2.05, 4.69) is 38.2 Å². The van der Waals surface area contributed by atoms with Gasteiger partial charge in [-0.1, -0.05) is 173 Å². The lowest BCUT2D eigenvalue weighted by Gasteiger charge is -2.26. The molecule has 0 heterocycles. The van der Waals surface area contributed by atoms with E-state index >= 15 is 0 Å². The molecule has 352 valence electrons. The molecule has 9 heteroatoms. The number of nitrogens with zero attached hydrogens (tertiary/aromatic N) is 1. The molecule has 60 heavy (non-hydrogen) atoms. The zero-order chi connectivity index (χ0) is 44.2. The second kappa shape index (κ2) is 43.4. The number of esters is 2. The zero-order valence-corrected chi connectivity index (χ0v) is 39.8. The van der Waals surface area contributed by atoms with Crippen LogP contribution >= 0.6 is 0 Å². The molecule has 0 amide bonds. The lowest BCUT2D eigenvalue weighted by atomic mass is 10.1. The molecule has 0 aromatic rings. The molecule has 0 saturated carbocycles. The predicted molar refractivity (Wildman–Crippen MR) is 246 cm³/mol. The number of hydrogen-bond donors (Lipinski definition) is 0. The number of unbranched alkanes of at least 4 members (excludes halogenated alkanes) is 27. The Morgan fingerprint density at radius 3 is 1.23 bits per heavy atom. The molecule has 0 spiro atoms. The highest BCUT2D eigenvalue weighted by Crippen LogP contribution is 2.15. The second-order valence-corrected chi connectivity index (χ2v) is 18.1. The van der Waals surface area contributed by atoms with Crippen LogP contribution in [-0.4, -0.2) is 82.3 Å². The molecule has 0 aromatic heterocycles. The molecule has 2 atom stereocenters. The Kier molecular flexibility index (Phi) is 41.8. The van der Waals surface area contributed by atoms with Gasteiger partial charge in [-0.2, -0.15) is 0 Å². The van der Waals surface area contributed by atoms with Crippen LogP contribution in [0.1, 0.15) is 226 Å². The first-order valence-electron chi connectivity index (χ1n) is 25.0. The summed E-state index contributed by atoms with van der Waals surface area (Å²) in [6.45, 7) is 4.75. The molecule has 0 aromatic carbocycles. The van der Waals surface area contributed by atoms with Crippen LogP contribution in [0, 0.1) is 0 Å². The Balaban J connectivity index is 4.37. The third-order valence-corrected chi connectivity index (χ3v) is 10.9. The van der Waals surface area contributed by atoms with Crippen LogP contribution in [0.5, 0.6) is 0 Å². The minimum Gasteiger partial charge on any atom is -0.545 e. The normalized spacial score (nSPS) is 13.0. The number of ether oxygens (including phenoxy) is 4. The quantitative estimate of drug-likeness (QED) is 0.0196. The summed E-state index contributed by atoms with van der Waals surface area (Å²) in [5, 5.41) is 11.7. The number of likely N-dealkylation sites (N-methyl/N-ethyl adjacent to an activating group) is 1. The second-order valence-electron chi connectivity index (χ2n) is 18.1. The van der Waals surface area contributed by atoms with E-state index in [0.717, 1.165) is 44.9 Å². The van der Waals surface area contributed by atoms with Crippen LogP contribution in [0.3, 0.4) is 0 Å². The van der Waals surface area contributed by atoms with Crippen molar-refractivity contribution in [2.75, 3.05) is 47.5 Å². The van der Waals surface area contributed by atoms with Gasteiger partial charge in [0.1, 0.15) is 13.2 Å². The molecule has 0 aliphatic heterocycles. The largest absolute Gasteiger partial charge is 0.545 e. The number of aliphatic carboxylic acids is 1. The number of carbonyl (C=O) groups is 3. The predicted octanol–water partition coefficient (Wildman–Crippen LogP) is 12.3. The van der Waals surface area contributed by atoms with Crippen LogP contribution in [-0.2, 0) is 33.3 Å². The fourth-order valence-electron chi connectivity index (χ4n) is 7.00. The van der Waals surface area contributed by atoms with Gasteiger partial charge in [-0.25, -0.2) is 0 Å². The van der Waals surface area contributed by atoms with Gasteiger partial charge in [0.05, 0.1) is 40.3 Å². The van der Waals surface area contributed by atoms with E-state index in [1.807, 2.05) is 21.1 Å². The molecule has 0 N–H and O–H groups in total. The van der Waals surface area contributed by atoms with Gasteiger partial charge in [-0.05, 0) is 64.2 Å². The van der Waals surface area contributed by atoms with Crippen molar-refractivity contribution in [3.63, 3.8) is 0 Å². The highest BCUT2D eigenvalue weighted by molar-refractivity contribution is 5.70. The van der Waals surface area contributed by atoms with Gasteiger partial charge >= 0.3 is 11.9 Å². The summed E-state index contributed by atoms with van der Waals surface area (Å²) in [5.74, 6) is -2.29. The Morgan fingerprint density at radius 1 is 0.483 bits per heavy atom. The van der Waals surface area contributed by atoms with Crippen molar-refractivity contribution in [2.45, 2.75) is 238 Å². The summed E-state index contributed by atoms with van der Waals surface area (Å²) in [4.78, 5) is 37.1. The number of rotatable bonds is 46. The summed E-state index contributed by atoms with van der Waals surface area (Å²) in [7, 11) is 5.91. The Hall–Kier alpha value is -2.23. The Bertz CT molecular complexity index is 1040. The van der Waals surface area contributed by atoms with Crippen molar-refractivity contribution >= 4 is 17.9 Å². The van der Waals surface area contributed by atoms with E-state index < -0.39 is 24.3 Å². The molecular formula is C51H95NO8. The van der Waals surface area contributed by atoms with Gasteiger partial charge in [0.2, 0.25) is 0 Å². The first-order chi connectivity index (χ1) is 29.1. The van der Waals surface area contributed by atoms with Crippen LogP contribution in [0.2, 0.25) is 0 Å². The molecular weight excluding hydrogens is 755 g/mol. The van der Waals surface area contributed by atoms with E-state index in [-0.39, 0.29) is 38.6 Å². The molecule has 0 radical (unpaired) electrons. The number of carboxylic acids is 1. The van der Waals surface area contributed by atoms with Crippen molar-refractivity contribution in [1.29, 1.82) is 0 Å². The number of hydrogen-bond acceptors (Lipinski definition) is 8. The summed E-state index contributed by atoms with van der Waals surface area (Å²) in [6.07, 6.45) is 44.9. The van der Waals surface area contributed by atoms with E-state index in [9.17, 15) is 19.5 Å². The lowest BCUT2D eigenvalue weighted by molar-refractivity contribution is -0.870. The van der Waals surface area contributed by atoms with Crippen molar-refractivity contribution in [3.8, 4) is 0 Å². The minimum absolute atomic E-state index is 0.148. The molecule has 0 bridgehead atoms.